The lowest BCUT2D eigenvalue weighted by molar-refractivity contribution is -0.124. The molecule has 1 aliphatic heterocycles. The highest BCUT2D eigenvalue weighted by molar-refractivity contribution is 4.94. The number of nitrogens with two attached hydrogens (primary N) is 1. The van der Waals surface area contributed by atoms with E-state index < -0.39 is 0 Å². The lowest BCUT2D eigenvalue weighted by Crippen LogP contribution is -2.52. The van der Waals surface area contributed by atoms with Crippen LogP contribution < -0.4 is 11.3 Å². The van der Waals surface area contributed by atoms with Crippen LogP contribution in [0.4, 0.5) is 0 Å². The van der Waals surface area contributed by atoms with Crippen LogP contribution in [0.5, 0.6) is 0 Å². The first-order chi connectivity index (χ1) is 9.24. The van der Waals surface area contributed by atoms with Gasteiger partial charge in [-0.05, 0) is 37.5 Å². The van der Waals surface area contributed by atoms with Crippen LogP contribution in [0, 0.1) is 11.8 Å². The Morgan fingerprint density at radius 1 is 1.21 bits per heavy atom. The summed E-state index contributed by atoms with van der Waals surface area (Å²) < 4.78 is 6.21. The Labute approximate surface area is 118 Å². The summed E-state index contributed by atoms with van der Waals surface area (Å²) in [6.45, 7) is 5.51. The normalized spacial score (nSPS) is 28.7. The van der Waals surface area contributed by atoms with Gasteiger partial charge in [-0.1, -0.05) is 46.0 Å². The van der Waals surface area contributed by atoms with E-state index in [1.807, 2.05) is 0 Å². The Balaban J connectivity index is 2.02. The van der Waals surface area contributed by atoms with Crippen LogP contribution >= 0.6 is 0 Å². The second-order valence-corrected chi connectivity index (χ2v) is 6.61. The summed E-state index contributed by atoms with van der Waals surface area (Å²) in [6.07, 6.45) is 11.4. The van der Waals surface area contributed by atoms with Crippen molar-refractivity contribution >= 4 is 0 Å². The Hall–Kier alpha value is -0.120. The average Bonchev–Trinajstić information content (AvgIpc) is 2.45. The maximum atomic E-state index is 6.21. The van der Waals surface area contributed by atoms with E-state index in [4.69, 9.17) is 10.6 Å². The summed E-state index contributed by atoms with van der Waals surface area (Å²) in [4.78, 5) is 0. The Morgan fingerprint density at radius 3 is 2.47 bits per heavy atom. The predicted molar refractivity (Wildman–Crippen MR) is 79.7 cm³/mol. The molecule has 2 unspecified atom stereocenters. The summed E-state index contributed by atoms with van der Waals surface area (Å²) in [5.41, 5.74) is 3.34. The smallest absolute Gasteiger partial charge is 0.0685 e. The molecule has 1 aliphatic carbocycles. The first-order valence-corrected chi connectivity index (χ1v) is 8.34. The van der Waals surface area contributed by atoms with Crippen molar-refractivity contribution in [2.75, 3.05) is 6.61 Å². The zero-order valence-corrected chi connectivity index (χ0v) is 12.8. The van der Waals surface area contributed by atoms with Crippen molar-refractivity contribution in [3.8, 4) is 0 Å². The summed E-state index contributed by atoms with van der Waals surface area (Å²) in [7, 11) is 0. The number of hydrazine groups is 1. The molecule has 2 rings (SSSR count). The van der Waals surface area contributed by atoms with Crippen molar-refractivity contribution in [1.29, 1.82) is 0 Å². The molecule has 3 nitrogen and oxygen atoms in total. The van der Waals surface area contributed by atoms with E-state index >= 15 is 0 Å². The van der Waals surface area contributed by atoms with E-state index in [1.54, 1.807) is 0 Å². The third kappa shape index (κ3) is 3.50. The van der Waals surface area contributed by atoms with Gasteiger partial charge in [0.15, 0.2) is 0 Å². The van der Waals surface area contributed by atoms with Crippen LogP contribution in [0.25, 0.3) is 0 Å². The molecular weight excluding hydrogens is 236 g/mol. The molecule has 2 aliphatic rings. The number of hydrogen-bond acceptors (Lipinski definition) is 3. The molecule has 0 aromatic heterocycles. The van der Waals surface area contributed by atoms with Gasteiger partial charge in [0.25, 0.3) is 0 Å². The van der Waals surface area contributed by atoms with Gasteiger partial charge in [0.2, 0.25) is 0 Å². The molecule has 2 atom stereocenters. The highest BCUT2D eigenvalue weighted by Crippen LogP contribution is 2.42. The SMILES string of the molecule is CCC(CC)C(NN)C1CCOC2(CCCCC2)C1. The van der Waals surface area contributed by atoms with Crippen molar-refractivity contribution in [2.45, 2.75) is 83.3 Å². The van der Waals surface area contributed by atoms with Crippen molar-refractivity contribution in [3.63, 3.8) is 0 Å². The van der Waals surface area contributed by atoms with Gasteiger partial charge >= 0.3 is 0 Å². The quantitative estimate of drug-likeness (QED) is 0.593. The summed E-state index contributed by atoms with van der Waals surface area (Å²) in [5.74, 6) is 7.28. The predicted octanol–water partition coefficient (Wildman–Crippen LogP) is 3.38. The monoisotopic (exact) mass is 268 g/mol. The summed E-state index contributed by atoms with van der Waals surface area (Å²) in [5, 5.41) is 0. The van der Waals surface area contributed by atoms with Crippen molar-refractivity contribution in [2.24, 2.45) is 17.7 Å². The standard InChI is InChI=1S/C16H32N2O/c1-3-13(4-2)15(18-17)14-8-11-19-16(12-14)9-6-5-7-10-16/h13-15,18H,3-12,17H2,1-2H3. The molecule has 1 saturated heterocycles. The fourth-order valence-electron chi connectivity index (χ4n) is 4.37. The van der Waals surface area contributed by atoms with Crippen LogP contribution in [0.1, 0.15) is 71.6 Å². The zero-order valence-electron chi connectivity index (χ0n) is 12.8. The Bertz CT molecular complexity index is 254. The van der Waals surface area contributed by atoms with Gasteiger partial charge in [-0.15, -0.1) is 0 Å². The van der Waals surface area contributed by atoms with Crippen LogP contribution in [0.15, 0.2) is 0 Å². The minimum atomic E-state index is 0.197. The minimum absolute atomic E-state index is 0.197. The number of nitrogens with one attached hydrogen (secondary N) is 1. The van der Waals surface area contributed by atoms with Crippen molar-refractivity contribution in [1.82, 2.24) is 5.43 Å². The molecule has 1 saturated carbocycles. The van der Waals surface area contributed by atoms with E-state index in [1.165, 1.54) is 57.8 Å². The van der Waals surface area contributed by atoms with Crippen molar-refractivity contribution in [3.05, 3.63) is 0 Å². The fraction of sp³-hybridized carbons (Fsp3) is 1.00. The lowest BCUT2D eigenvalue weighted by atomic mass is 9.71. The largest absolute Gasteiger partial charge is 0.375 e. The first kappa shape index (κ1) is 15.3. The molecule has 0 radical (unpaired) electrons. The lowest BCUT2D eigenvalue weighted by Gasteiger charge is -2.46. The molecule has 3 N–H and O–H groups in total. The Morgan fingerprint density at radius 2 is 1.89 bits per heavy atom. The van der Waals surface area contributed by atoms with Gasteiger partial charge in [-0.3, -0.25) is 11.3 Å². The van der Waals surface area contributed by atoms with E-state index in [-0.39, 0.29) is 5.60 Å². The van der Waals surface area contributed by atoms with E-state index in [0.717, 1.165) is 6.61 Å². The first-order valence-electron chi connectivity index (χ1n) is 8.34. The van der Waals surface area contributed by atoms with Gasteiger partial charge in [0.1, 0.15) is 0 Å². The van der Waals surface area contributed by atoms with Crippen LogP contribution in [0.2, 0.25) is 0 Å². The molecule has 3 heteroatoms. The number of ether oxygens (including phenoxy) is 1. The van der Waals surface area contributed by atoms with E-state index in [2.05, 4.69) is 19.3 Å². The van der Waals surface area contributed by atoms with Gasteiger partial charge in [0.05, 0.1) is 5.60 Å². The van der Waals surface area contributed by atoms with Gasteiger partial charge in [-0.2, -0.15) is 0 Å². The van der Waals surface area contributed by atoms with Gasteiger partial charge < -0.3 is 4.74 Å². The molecule has 19 heavy (non-hydrogen) atoms. The summed E-state index contributed by atoms with van der Waals surface area (Å²) >= 11 is 0. The summed E-state index contributed by atoms with van der Waals surface area (Å²) in [6, 6.07) is 0.470. The third-order valence-electron chi connectivity index (χ3n) is 5.55. The highest BCUT2D eigenvalue weighted by Gasteiger charge is 2.41. The van der Waals surface area contributed by atoms with Gasteiger partial charge in [0, 0.05) is 12.6 Å². The highest BCUT2D eigenvalue weighted by atomic mass is 16.5. The van der Waals surface area contributed by atoms with Crippen LogP contribution in [-0.2, 0) is 4.74 Å². The zero-order chi connectivity index (χ0) is 13.7. The topological polar surface area (TPSA) is 47.3 Å². The maximum absolute atomic E-state index is 6.21. The average molecular weight is 268 g/mol. The maximum Gasteiger partial charge on any atom is 0.0685 e. The molecule has 0 amide bonds. The second kappa shape index (κ2) is 7.05. The van der Waals surface area contributed by atoms with Crippen LogP contribution in [0.3, 0.4) is 0 Å². The number of rotatable bonds is 5. The van der Waals surface area contributed by atoms with Crippen molar-refractivity contribution < 1.29 is 4.74 Å². The molecule has 0 bridgehead atoms. The second-order valence-electron chi connectivity index (χ2n) is 6.61. The van der Waals surface area contributed by atoms with E-state index in [0.29, 0.717) is 17.9 Å². The fourth-order valence-corrected chi connectivity index (χ4v) is 4.37. The third-order valence-corrected chi connectivity index (χ3v) is 5.55. The molecule has 2 fully saturated rings. The van der Waals surface area contributed by atoms with E-state index in [9.17, 15) is 0 Å². The molecule has 112 valence electrons. The minimum Gasteiger partial charge on any atom is -0.375 e. The molecule has 0 aromatic carbocycles. The molecule has 1 spiro atoms. The van der Waals surface area contributed by atoms with Gasteiger partial charge in [-0.25, -0.2) is 0 Å². The number of hydrogen-bond donors (Lipinski definition) is 2. The Kier molecular flexibility index (Phi) is 5.67. The molecule has 0 aromatic rings. The molecule has 1 heterocycles. The molecular formula is C16H32N2O. The van der Waals surface area contributed by atoms with Crippen LogP contribution in [-0.4, -0.2) is 18.2 Å².